The third-order valence-corrected chi connectivity index (χ3v) is 2.53. The molecule has 0 radical (unpaired) electrons. The van der Waals surface area contributed by atoms with Crippen molar-refractivity contribution in [2.45, 2.75) is 11.7 Å². The van der Waals surface area contributed by atoms with E-state index in [1.807, 2.05) is 0 Å². The minimum atomic E-state index is -4.59. The van der Waals surface area contributed by atoms with Crippen molar-refractivity contribution in [3.05, 3.63) is 0 Å². The first-order chi connectivity index (χ1) is 5.34. The monoisotopic (exact) mass is 219 g/mol. The molecule has 1 rings (SSSR count). The number of imide groups is 1. The number of hydrogen-bond donors (Lipinski definition) is 2. The Bertz CT molecular complexity index is 337. The Labute approximate surface area is 95.7 Å². The van der Waals surface area contributed by atoms with E-state index in [2.05, 4.69) is 0 Å². The van der Waals surface area contributed by atoms with Gasteiger partial charge in [-0.3, -0.25) is 19.3 Å². The molecule has 13 heavy (non-hydrogen) atoms. The van der Waals surface area contributed by atoms with Crippen LogP contribution in [0.3, 0.4) is 0 Å². The Morgan fingerprint density at radius 2 is 1.85 bits per heavy atom. The van der Waals surface area contributed by atoms with Gasteiger partial charge in [0, 0.05) is 0 Å². The molecule has 0 spiro atoms. The quantitative estimate of drug-likeness (QED) is 0.223. The molecule has 0 bridgehead atoms. The van der Waals surface area contributed by atoms with Gasteiger partial charge in [-0.15, -0.1) is 0 Å². The number of rotatable bonds is 1. The normalized spacial score (nSPS) is 23.2. The zero-order valence-corrected chi connectivity index (χ0v) is 6.48. The van der Waals surface area contributed by atoms with Crippen molar-refractivity contribution < 1.29 is 27.8 Å². The molecular formula is C4H6NNaO6S. The molecule has 0 aromatic carbocycles. The predicted molar refractivity (Wildman–Crippen MR) is 40.7 cm³/mol. The number of carbonyl (C=O) groups is 2. The standard InChI is InChI=1S/C4H5NO6S.Na.H/c6-3-1-2(12(9,10)11)4(7)5(3)8;;/h2,8H,1H2,(H,9,10,11);;. The van der Waals surface area contributed by atoms with E-state index in [-0.39, 0.29) is 34.6 Å². The molecule has 0 saturated carbocycles. The molecule has 0 aromatic heterocycles. The van der Waals surface area contributed by atoms with Gasteiger partial charge >= 0.3 is 29.6 Å². The third kappa shape index (κ3) is 2.48. The fraction of sp³-hybridized carbons (Fsp3) is 0.500. The second-order valence-corrected chi connectivity index (χ2v) is 3.85. The first-order valence-electron chi connectivity index (χ1n) is 2.86. The summed E-state index contributed by atoms with van der Waals surface area (Å²) in [6.45, 7) is 0. The zero-order chi connectivity index (χ0) is 9.52. The Hall–Kier alpha value is 0.0100. The molecule has 1 unspecified atom stereocenters. The van der Waals surface area contributed by atoms with Crippen molar-refractivity contribution in [3.63, 3.8) is 0 Å². The maximum absolute atomic E-state index is 10.7. The van der Waals surface area contributed by atoms with Crippen LogP contribution in [0.4, 0.5) is 0 Å². The van der Waals surface area contributed by atoms with Gasteiger partial charge in [0.15, 0.2) is 5.25 Å². The second kappa shape index (κ2) is 4.03. The van der Waals surface area contributed by atoms with Crippen LogP contribution in [0.15, 0.2) is 0 Å². The molecule has 1 aliphatic heterocycles. The van der Waals surface area contributed by atoms with Crippen molar-refractivity contribution in [2.24, 2.45) is 0 Å². The van der Waals surface area contributed by atoms with E-state index in [1.54, 1.807) is 0 Å². The summed E-state index contributed by atoms with van der Waals surface area (Å²) < 4.78 is 29.1. The van der Waals surface area contributed by atoms with Crippen LogP contribution in [0.1, 0.15) is 6.42 Å². The second-order valence-electron chi connectivity index (χ2n) is 2.25. The molecule has 1 heterocycles. The summed E-state index contributed by atoms with van der Waals surface area (Å²) in [4.78, 5) is 21.2. The first kappa shape index (κ1) is 13.0. The van der Waals surface area contributed by atoms with E-state index in [0.717, 1.165) is 0 Å². The minimum absolute atomic E-state index is 0. The molecule has 1 saturated heterocycles. The van der Waals surface area contributed by atoms with E-state index in [1.165, 1.54) is 0 Å². The molecule has 0 aliphatic carbocycles. The average Bonchev–Trinajstić information content (AvgIpc) is 2.15. The summed E-state index contributed by atoms with van der Waals surface area (Å²) in [6.07, 6.45) is -0.714. The molecule has 1 aliphatic rings. The van der Waals surface area contributed by atoms with Crippen LogP contribution in [0.25, 0.3) is 0 Å². The van der Waals surface area contributed by atoms with Gasteiger partial charge in [0.25, 0.3) is 21.9 Å². The van der Waals surface area contributed by atoms with Gasteiger partial charge < -0.3 is 0 Å². The van der Waals surface area contributed by atoms with Crippen molar-refractivity contribution in [1.29, 1.82) is 0 Å². The molecular weight excluding hydrogens is 213 g/mol. The van der Waals surface area contributed by atoms with Gasteiger partial charge in [0.05, 0.1) is 6.42 Å². The molecule has 9 heteroatoms. The first-order valence-corrected chi connectivity index (χ1v) is 4.36. The predicted octanol–water partition coefficient (Wildman–Crippen LogP) is -2.26. The number of hydrogen-bond acceptors (Lipinski definition) is 5. The number of nitrogens with zero attached hydrogens (tertiary/aromatic N) is 1. The Balaban J connectivity index is 0.00000144. The van der Waals surface area contributed by atoms with Crippen LogP contribution in [-0.4, -0.2) is 69.9 Å². The molecule has 2 amide bonds. The van der Waals surface area contributed by atoms with Gasteiger partial charge in [0.2, 0.25) is 0 Å². The van der Waals surface area contributed by atoms with E-state index in [4.69, 9.17) is 9.76 Å². The Morgan fingerprint density at radius 3 is 2.00 bits per heavy atom. The number of hydroxylamine groups is 2. The van der Waals surface area contributed by atoms with Crippen molar-refractivity contribution >= 4 is 51.5 Å². The zero-order valence-electron chi connectivity index (χ0n) is 5.67. The van der Waals surface area contributed by atoms with Crippen LogP contribution < -0.4 is 0 Å². The molecule has 7 nitrogen and oxygen atoms in total. The molecule has 1 atom stereocenters. The SMILES string of the molecule is O=C1CC(S(=O)(=O)O)C(=O)N1O.[NaH]. The summed E-state index contributed by atoms with van der Waals surface area (Å²) in [6, 6.07) is 0. The maximum atomic E-state index is 10.7. The van der Waals surface area contributed by atoms with Crippen LogP contribution in [0.2, 0.25) is 0 Å². The topological polar surface area (TPSA) is 112 Å². The summed E-state index contributed by atoms with van der Waals surface area (Å²) in [5, 5.41) is 6.40. The van der Waals surface area contributed by atoms with Gasteiger partial charge in [-0.25, -0.2) is 0 Å². The summed E-state index contributed by atoms with van der Waals surface area (Å²) in [5.74, 6) is -2.36. The van der Waals surface area contributed by atoms with Gasteiger partial charge in [0.1, 0.15) is 0 Å². The summed E-state index contributed by atoms with van der Waals surface area (Å²) >= 11 is 0. The Morgan fingerprint density at radius 1 is 1.38 bits per heavy atom. The van der Waals surface area contributed by atoms with E-state index in [0.29, 0.717) is 0 Å². The van der Waals surface area contributed by atoms with E-state index >= 15 is 0 Å². The fourth-order valence-corrected chi connectivity index (χ4v) is 1.53. The average molecular weight is 219 g/mol. The molecule has 0 aromatic rings. The summed E-state index contributed by atoms with van der Waals surface area (Å²) in [7, 11) is -4.59. The van der Waals surface area contributed by atoms with Crippen LogP contribution >= 0.6 is 0 Å². The molecule has 1 fully saturated rings. The van der Waals surface area contributed by atoms with Crippen molar-refractivity contribution in [1.82, 2.24) is 5.06 Å². The Kier molecular flexibility index (Phi) is 4.03. The van der Waals surface area contributed by atoms with Crippen molar-refractivity contribution in [3.8, 4) is 0 Å². The van der Waals surface area contributed by atoms with Crippen LogP contribution in [0, 0.1) is 0 Å². The van der Waals surface area contributed by atoms with Gasteiger partial charge in [-0.2, -0.15) is 13.5 Å². The van der Waals surface area contributed by atoms with Crippen molar-refractivity contribution in [2.75, 3.05) is 0 Å². The molecule has 70 valence electrons. The van der Waals surface area contributed by atoms with Crippen LogP contribution in [-0.2, 0) is 19.7 Å². The van der Waals surface area contributed by atoms with Gasteiger partial charge in [-0.05, 0) is 0 Å². The van der Waals surface area contributed by atoms with E-state index < -0.39 is 33.6 Å². The number of carbonyl (C=O) groups excluding carboxylic acids is 2. The van der Waals surface area contributed by atoms with E-state index in [9.17, 15) is 18.0 Å². The molecule has 2 N–H and O–H groups in total. The van der Waals surface area contributed by atoms with Crippen LogP contribution in [0.5, 0.6) is 0 Å². The fourth-order valence-electron chi connectivity index (χ4n) is 0.824. The van der Waals surface area contributed by atoms with Gasteiger partial charge in [-0.1, -0.05) is 0 Å². The summed E-state index contributed by atoms with van der Waals surface area (Å²) in [5.41, 5.74) is 0. The number of amides is 2. The third-order valence-electron chi connectivity index (χ3n) is 1.44.